The van der Waals surface area contributed by atoms with Crippen molar-refractivity contribution in [2.24, 2.45) is 5.92 Å². The fraction of sp³-hybridized carbons (Fsp3) is 0.591. The number of nitrogens with one attached hydrogen (secondary N) is 2. The quantitative estimate of drug-likeness (QED) is 0.666. The Kier molecular flexibility index (Phi) is 6.46. The van der Waals surface area contributed by atoms with Gasteiger partial charge < -0.3 is 5.32 Å². The van der Waals surface area contributed by atoms with Gasteiger partial charge in [0.1, 0.15) is 5.82 Å². The topological polar surface area (TPSA) is 71.1 Å². The van der Waals surface area contributed by atoms with Crippen LogP contribution in [-0.2, 0) is 22.9 Å². The van der Waals surface area contributed by atoms with Crippen LogP contribution in [0, 0.1) is 11.7 Å². The highest BCUT2D eigenvalue weighted by atomic mass is 32.2. The Morgan fingerprint density at radius 2 is 1.97 bits per heavy atom. The van der Waals surface area contributed by atoms with Gasteiger partial charge in [-0.15, -0.1) is 11.3 Å². The first-order chi connectivity index (χ1) is 14.3. The van der Waals surface area contributed by atoms with E-state index in [1.165, 1.54) is 16.5 Å². The molecule has 2 aromatic rings. The summed E-state index contributed by atoms with van der Waals surface area (Å²) in [6, 6.07) is 5.09. The third-order valence-corrected chi connectivity index (χ3v) is 9.19. The summed E-state index contributed by atoms with van der Waals surface area (Å²) in [6.45, 7) is 4.26. The van der Waals surface area contributed by atoms with Gasteiger partial charge in [-0.05, 0) is 82.4 Å². The lowest BCUT2D eigenvalue weighted by molar-refractivity contribution is 0.323. The van der Waals surface area contributed by atoms with Crippen molar-refractivity contribution in [2.75, 3.05) is 11.9 Å². The standard InChI is InChI=1S/C22H30FN3O2S2/c1-14(2)30(27,28)26-18-10-6-15(7-11-18)13-24-22-25-21-19-12-17(23)9-8-16(19)4-3-5-20(21)29-22/h8-9,12,14-15,18,26H,3-7,10-11,13H2,1-2H3,(H,24,25). The van der Waals surface area contributed by atoms with Crippen LogP contribution >= 0.6 is 11.3 Å². The molecule has 164 valence electrons. The number of thiazole rings is 1. The minimum absolute atomic E-state index is 0.0518. The Morgan fingerprint density at radius 1 is 1.20 bits per heavy atom. The molecule has 0 amide bonds. The molecule has 30 heavy (non-hydrogen) atoms. The maximum atomic E-state index is 13.8. The SMILES string of the molecule is CC(C)S(=O)(=O)NC1CCC(CNc2nc3c(s2)CCCc2ccc(F)cc2-3)CC1. The molecule has 0 aliphatic heterocycles. The summed E-state index contributed by atoms with van der Waals surface area (Å²) in [7, 11) is -3.20. The number of nitrogens with zero attached hydrogens (tertiary/aromatic N) is 1. The van der Waals surface area contributed by atoms with Gasteiger partial charge in [-0.3, -0.25) is 0 Å². The van der Waals surface area contributed by atoms with Gasteiger partial charge in [0.15, 0.2) is 5.13 Å². The summed E-state index contributed by atoms with van der Waals surface area (Å²) in [5.41, 5.74) is 3.04. The second-order valence-electron chi connectivity index (χ2n) is 8.76. The van der Waals surface area contributed by atoms with E-state index in [4.69, 9.17) is 4.98 Å². The molecule has 2 aliphatic rings. The molecule has 1 saturated carbocycles. The average Bonchev–Trinajstić information content (AvgIpc) is 3.03. The molecule has 8 heteroatoms. The third-order valence-electron chi connectivity index (χ3n) is 6.21. The van der Waals surface area contributed by atoms with Gasteiger partial charge >= 0.3 is 0 Å². The van der Waals surface area contributed by atoms with Crippen LogP contribution in [0.5, 0.6) is 0 Å². The summed E-state index contributed by atoms with van der Waals surface area (Å²) in [6.07, 6.45) is 6.74. The number of anilines is 1. The van der Waals surface area contributed by atoms with Crippen LogP contribution < -0.4 is 10.0 Å². The zero-order chi connectivity index (χ0) is 21.3. The predicted molar refractivity (Wildman–Crippen MR) is 121 cm³/mol. The number of sulfonamides is 1. The number of hydrogen-bond acceptors (Lipinski definition) is 5. The molecule has 2 aliphatic carbocycles. The smallest absolute Gasteiger partial charge is 0.214 e. The second-order valence-corrected chi connectivity index (χ2v) is 12.1. The van der Waals surface area contributed by atoms with E-state index in [0.29, 0.717) is 5.92 Å². The van der Waals surface area contributed by atoms with Gasteiger partial charge in [-0.25, -0.2) is 22.5 Å². The van der Waals surface area contributed by atoms with Gasteiger partial charge in [0.05, 0.1) is 10.9 Å². The fourth-order valence-electron chi connectivity index (χ4n) is 4.32. The molecule has 5 nitrogen and oxygen atoms in total. The van der Waals surface area contributed by atoms with E-state index in [1.54, 1.807) is 31.3 Å². The summed E-state index contributed by atoms with van der Waals surface area (Å²) in [5.74, 6) is 0.298. The Balaban J connectivity index is 1.35. The van der Waals surface area contributed by atoms with Crippen LogP contribution in [0.15, 0.2) is 18.2 Å². The summed E-state index contributed by atoms with van der Waals surface area (Å²) < 4.78 is 40.8. The lowest BCUT2D eigenvalue weighted by Gasteiger charge is -2.29. The normalized spacial score (nSPS) is 21.7. The highest BCUT2D eigenvalue weighted by Gasteiger charge is 2.27. The molecule has 0 radical (unpaired) electrons. The van der Waals surface area contributed by atoms with Crippen molar-refractivity contribution in [2.45, 2.75) is 70.1 Å². The number of rotatable bonds is 6. The van der Waals surface area contributed by atoms with Gasteiger partial charge in [-0.2, -0.15) is 0 Å². The minimum atomic E-state index is -3.20. The van der Waals surface area contributed by atoms with E-state index in [-0.39, 0.29) is 11.9 Å². The minimum Gasteiger partial charge on any atom is -0.361 e. The van der Waals surface area contributed by atoms with Crippen molar-refractivity contribution in [3.63, 3.8) is 0 Å². The van der Waals surface area contributed by atoms with Crippen LogP contribution in [0.25, 0.3) is 11.3 Å². The number of benzene rings is 1. The summed E-state index contributed by atoms with van der Waals surface area (Å²) in [4.78, 5) is 6.04. The van der Waals surface area contributed by atoms with Crippen LogP contribution in [0.1, 0.15) is 56.4 Å². The zero-order valence-electron chi connectivity index (χ0n) is 17.6. The first kappa shape index (κ1) is 21.7. The van der Waals surface area contributed by atoms with E-state index in [9.17, 15) is 12.8 Å². The highest BCUT2D eigenvalue weighted by Crippen LogP contribution is 2.38. The van der Waals surface area contributed by atoms with E-state index >= 15 is 0 Å². The van der Waals surface area contributed by atoms with Crippen molar-refractivity contribution in [3.05, 3.63) is 34.5 Å². The average molecular weight is 452 g/mol. The maximum Gasteiger partial charge on any atom is 0.214 e. The lowest BCUT2D eigenvalue weighted by atomic mass is 9.86. The van der Waals surface area contributed by atoms with Gasteiger partial charge in [0.25, 0.3) is 0 Å². The Labute approximate surface area is 182 Å². The van der Waals surface area contributed by atoms with Gasteiger partial charge in [0, 0.05) is 23.0 Å². The first-order valence-electron chi connectivity index (χ1n) is 10.9. The summed E-state index contributed by atoms with van der Waals surface area (Å²) >= 11 is 1.68. The number of aryl methyl sites for hydroxylation is 2. The molecule has 1 fully saturated rings. The Bertz CT molecular complexity index is 996. The molecular weight excluding hydrogens is 421 g/mol. The van der Waals surface area contributed by atoms with Crippen LogP contribution in [0.3, 0.4) is 0 Å². The molecule has 0 unspecified atom stereocenters. The predicted octanol–water partition coefficient (Wildman–Crippen LogP) is 4.74. The molecule has 1 aromatic carbocycles. The zero-order valence-corrected chi connectivity index (χ0v) is 19.2. The molecule has 0 saturated heterocycles. The number of hydrogen-bond donors (Lipinski definition) is 2. The Hall–Kier alpha value is -1.51. The maximum absolute atomic E-state index is 13.8. The molecule has 0 bridgehead atoms. The monoisotopic (exact) mass is 451 g/mol. The van der Waals surface area contributed by atoms with E-state index < -0.39 is 15.3 Å². The van der Waals surface area contributed by atoms with Crippen molar-refractivity contribution >= 4 is 26.5 Å². The van der Waals surface area contributed by atoms with E-state index in [2.05, 4.69) is 10.0 Å². The lowest BCUT2D eigenvalue weighted by Crippen LogP contribution is -2.41. The number of halogens is 1. The third kappa shape index (κ3) is 4.86. The van der Waals surface area contributed by atoms with Crippen molar-refractivity contribution in [3.8, 4) is 11.3 Å². The second kappa shape index (κ2) is 8.93. The highest BCUT2D eigenvalue weighted by molar-refractivity contribution is 7.90. The van der Waals surface area contributed by atoms with E-state index in [1.807, 2.05) is 6.07 Å². The first-order valence-corrected chi connectivity index (χ1v) is 13.2. The van der Waals surface area contributed by atoms with Crippen LogP contribution in [0.4, 0.5) is 9.52 Å². The molecular formula is C22H30FN3O2S2. The summed E-state index contributed by atoms with van der Waals surface area (Å²) in [5, 5.41) is 4.00. The molecule has 1 aromatic heterocycles. The van der Waals surface area contributed by atoms with Gasteiger partial charge in [0.2, 0.25) is 10.0 Å². The number of aromatic nitrogens is 1. The Morgan fingerprint density at radius 3 is 2.70 bits per heavy atom. The largest absolute Gasteiger partial charge is 0.361 e. The number of fused-ring (bicyclic) bond motifs is 3. The van der Waals surface area contributed by atoms with E-state index in [0.717, 1.165) is 67.9 Å². The van der Waals surface area contributed by atoms with Crippen molar-refractivity contribution < 1.29 is 12.8 Å². The van der Waals surface area contributed by atoms with Crippen LogP contribution in [-0.4, -0.2) is 31.2 Å². The molecule has 0 spiro atoms. The van der Waals surface area contributed by atoms with Gasteiger partial charge in [-0.1, -0.05) is 6.07 Å². The molecule has 4 rings (SSSR count). The van der Waals surface area contributed by atoms with Crippen molar-refractivity contribution in [1.29, 1.82) is 0 Å². The molecule has 2 N–H and O–H groups in total. The molecule has 1 heterocycles. The molecule has 0 atom stereocenters. The van der Waals surface area contributed by atoms with Crippen LogP contribution in [0.2, 0.25) is 0 Å². The van der Waals surface area contributed by atoms with Crippen molar-refractivity contribution in [1.82, 2.24) is 9.71 Å². The fourth-order valence-corrected chi connectivity index (χ4v) is 6.32.